The van der Waals surface area contributed by atoms with Gasteiger partial charge in [0.2, 0.25) is 5.88 Å². The van der Waals surface area contributed by atoms with Crippen LogP contribution in [0, 0.1) is 17.7 Å². The monoisotopic (exact) mass is 395 g/mol. The number of hydrogen-bond acceptors (Lipinski definition) is 5. The molecule has 0 spiro atoms. The van der Waals surface area contributed by atoms with E-state index in [4.69, 9.17) is 4.74 Å². The third-order valence-corrected chi connectivity index (χ3v) is 5.45. The number of thiophene rings is 1. The molecule has 0 aliphatic carbocycles. The van der Waals surface area contributed by atoms with Gasteiger partial charge in [-0.05, 0) is 56.5 Å². The Hall–Kier alpha value is -2.49. The second-order valence-electron chi connectivity index (χ2n) is 6.88. The van der Waals surface area contributed by atoms with Crippen LogP contribution in [0.5, 0.6) is 5.88 Å². The van der Waals surface area contributed by atoms with E-state index in [-0.39, 0.29) is 5.82 Å². The van der Waals surface area contributed by atoms with Crippen LogP contribution in [0.2, 0.25) is 0 Å². The van der Waals surface area contributed by atoms with Crippen molar-refractivity contribution in [1.82, 2.24) is 14.9 Å². The van der Waals surface area contributed by atoms with E-state index in [9.17, 15) is 4.39 Å². The van der Waals surface area contributed by atoms with Crippen LogP contribution in [-0.4, -0.2) is 41.1 Å². The van der Waals surface area contributed by atoms with Crippen LogP contribution in [0.4, 0.5) is 4.39 Å². The largest absolute Gasteiger partial charge is 0.476 e. The van der Waals surface area contributed by atoms with Crippen molar-refractivity contribution < 1.29 is 9.13 Å². The molecule has 0 saturated carbocycles. The van der Waals surface area contributed by atoms with Gasteiger partial charge in [-0.3, -0.25) is 0 Å². The predicted molar refractivity (Wildman–Crippen MR) is 110 cm³/mol. The lowest BCUT2D eigenvalue weighted by molar-refractivity contribution is 0.203. The molecule has 3 heterocycles. The number of fused-ring (bicyclic) bond motifs is 1. The molecule has 1 saturated heterocycles. The molecule has 1 aliphatic rings. The summed E-state index contributed by atoms with van der Waals surface area (Å²) < 4.78 is 19.3. The van der Waals surface area contributed by atoms with Crippen LogP contribution < -0.4 is 4.74 Å². The van der Waals surface area contributed by atoms with Crippen molar-refractivity contribution in [3.8, 4) is 17.7 Å². The van der Waals surface area contributed by atoms with Crippen LogP contribution in [0.25, 0.3) is 11.0 Å². The number of likely N-dealkylation sites (tertiary alicyclic amines) is 1. The summed E-state index contributed by atoms with van der Waals surface area (Å²) >= 11 is 1.55. The lowest BCUT2D eigenvalue weighted by atomic mass is 10.1. The average molecular weight is 396 g/mol. The molecule has 6 heteroatoms. The lowest BCUT2D eigenvalue weighted by Crippen LogP contribution is -2.31. The molecule has 1 aliphatic heterocycles. The van der Waals surface area contributed by atoms with E-state index in [0.29, 0.717) is 23.7 Å². The van der Waals surface area contributed by atoms with Crippen molar-refractivity contribution in [1.29, 1.82) is 0 Å². The minimum Gasteiger partial charge on any atom is -0.476 e. The Morgan fingerprint density at radius 2 is 1.89 bits per heavy atom. The number of nitrogens with zero attached hydrogens (tertiary/aromatic N) is 3. The molecule has 144 valence electrons. The average Bonchev–Trinajstić information content (AvgIpc) is 3.17. The second-order valence-corrected chi connectivity index (χ2v) is 7.63. The van der Waals surface area contributed by atoms with Crippen LogP contribution >= 0.6 is 11.3 Å². The Balaban J connectivity index is 1.47. The van der Waals surface area contributed by atoms with Gasteiger partial charge in [-0.15, -0.1) is 11.3 Å². The van der Waals surface area contributed by atoms with Crippen LogP contribution in [0.1, 0.15) is 36.9 Å². The molecule has 0 radical (unpaired) electrons. The molecular weight excluding hydrogens is 373 g/mol. The molecule has 4 nitrogen and oxygen atoms in total. The zero-order valence-electron chi connectivity index (χ0n) is 15.7. The Morgan fingerprint density at radius 1 is 1.07 bits per heavy atom. The van der Waals surface area contributed by atoms with Gasteiger partial charge in [0, 0.05) is 22.9 Å². The molecule has 0 amide bonds. The van der Waals surface area contributed by atoms with Crippen molar-refractivity contribution in [3.63, 3.8) is 0 Å². The zero-order valence-corrected chi connectivity index (χ0v) is 16.5. The highest BCUT2D eigenvalue weighted by Gasteiger charge is 2.12. The van der Waals surface area contributed by atoms with Crippen LogP contribution in [0.3, 0.4) is 0 Å². The number of rotatable bonds is 5. The van der Waals surface area contributed by atoms with Crippen molar-refractivity contribution in [2.24, 2.45) is 0 Å². The van der Waals surface area contributed by atoms with Crippen molar-refractivity contribution in [2.45, 2.75) is 25.7 Å². The van der Waals surface area contributed by atoms with Gasteiger partial charge in [-0.2, -0.15) is 0 Å². The van der Waals surface area contributed by atoms with E-state index in [2.05, 4.69) is 26.7 Å². The third kappa shape index (κ3) is 4.86. The molecule has 0 atom stereocenters. The number of hydrogen-bond donors (Lipinski definition) is 0. The summed E-state index contributed by atoms with van der Waals surface area (Å²) in [5.41, 5.74) is 2.71. The molecule has 3 aromatic rings. The highest BCUT2D eigenvalue weighted by molar-refractivity contribution is 7.09. The van der Waals surface area contributed by atoms with Gasteiger partial charge in [0.05, 0.1) is 6.61 Å². The Bertz CT molecular complexity index is 1000. The summed E-state index contributed by atoms with van der Waals surface area (Å²) in [6, 6.07) is 6.22. The molecule has 0 N–H and O–H groups in total. The first-order chi connectivity index (χ1) is 13.8. The van der Waals surface area contributed by atoms with Crippen molar-refractivity contribution in [2.75, 3.05) is 26.2 Å². The first-order valence-electron chi connectivity index (χ1n) is 9.65. The second kappa shape index (κ2) is 9.13. The van der Waals surface area contributed by atoms with Crippen molar-refractivity contribution in [3.05, 3.63) is 52.1 Å². The normalized spacial score (nSPS) is 14.6. The number of piperidine rings is 1. The van der Waals surface area contributed by atoms with E-state index in [1.165, 1.54) is 44.5 Å². The molecule has 28 heavy (non-hydrogen) atoms. The minimum atomic E-state index is -0.305. The van der Waals surface area contributed by atoms with E-state index >= 15 is 0 Å². The molecule has 1 aromatic carbocycles. The maximum Gasteiger partial charge on any atom is 0.249 e. The van der Waals surface area contributed by atoms with Gasteiger partial charge >= 0.3 is 0 Å². The smallest absolute Gasteiger partial charge is 0.249 e. The van der Waals surface area contributed by atoms with Crippen LogP contribution in [-0.2, 0) is 0 Å². The van der Waals surface area contributed by atoms with E-state index in [1.807, 2.05) is 10.8 Å². The fourth-order valence-electron chi connectivity index (χ4n) is 3.30. The molecule has 0 bridgehead atoms. The molecule has 0 unspecified atom stereocenters. The summed E-state index contributed by atoms with van der Waals surface area (Å²) in [5, 5.41) is 3.89. The minimum absolute atomic E-state index is 0.305. The fraction of sp³-hybridized carbons (Fsp3) is 0.364. The highest BCUT2D eigenvalue weighted by Crippen LogP contribution is 2.21. The summed E-state index contributed by atoms with van der Waals surface area (Å²) in [7, 11) is 0. The SMILES string of the molecule is Fc1cccc(C#Cc2nc3cscc3nc2OCCCN2CCCCC2)c1. The number of benzene rings is 1. The molecular formula is C22H22FN3OS. The van der Waals surface area contributed by atoms with E-state index < -0.39 is 0 Å². The Morgan fingerprint density at radius 3 is 2.71 bits per heavy atom. The van der Waals surface area contributed by atoms with Gasteiger partial charge in [0.1, 0.15) is 16.9 Å². The molecule has 2 aromatic heterocycles. The zero-order chi connectivity index (χ0) is 19.2. The summed E-state index contributed by atoms with van der Waals surface area (Å²) in [4.78, 5) is 11.7. The number of ether oxygens (including phenoxy) is 1. The summed E-state index contributed by atoms with van der Waals surface area (Å²) in [6.45, 7) is 3.99. The Kier molecular flexibility index (Phi) is 6.15. The van der Waals surface area contributed by atoms with E-state index in [0.717, 1.165) is 24.0 Å². The third-order valence-electron chi connectivity index (χ3n) is 4.73. The van der Waals surface area contributed by atoms with Crippen molar-refractivity contribution >= 4 is 22.4 Å². The van der Waals surface area contributed by atoms with Gasteiger partial charge in [0.15, 0.2) is 5.69 Å². The topological polar surface area (TPSA) is 38.3 Å². The molecule has 1 fully saturated rings. The number of aromatic nitrogens is 2. The lowest BCUT2D eigenvalue weighted by Gasteiger charge is -2.26. The first kappa shape index (κ1) is 18.9. The maximum absolute atomic E-state index is 13.4. The quantitative estimate of drug-likeness (QED) is 0.471. The first-order valence-corrected chi connectivity index (χ1v) is 10.6. The van der Waals surface area contributed by atoms with Gasteiger partial charge < -0.3 is 9.64 Å². The van der Waals surface area contributed by atoms with Crippen LogP contribution in [0.15, 0.2) is 35.0 Å². The van der Waals surface area contributed by atoms with Gasteiger partial charge in [-0.1, -0.05) is 18.4 Å². The van der Waals surface area contributed by atoms with Gasteiger partial charge in [0.25, 0.3) is 0 Å². The highest BCUT2D eigenvalue weighted by atomic mass is 32.1. The van der Waals surface area contributed by atoms with E-state index in [1.54, 1.807) is 23.5 Å². The summed E-state index contributed by atoms with van der Waals surface area (Å²) in [6.07, 6.45) is 4.87. The van der Waals surface area contributed by atoms with Gasteiger partial charge in [-0.25, -0.2) is 14.4 Å². The fourth-order valence-corrected chi connectivity index (χ4v) is 3.97. The summed E-state index contributed by atoms with van der Waals surface area (Å²) in [5.74, 6) is 6.12. The maximum atomic E-state index is 13.4. The Labute approximate surface area is 168 Å². The number of halogens is 1. The standard InChI is InChI=1S/C22H22FN3OS/c23-18-7-4-6-17(14-18)8-9-19-22(25-21-16-28-15-20(21)24-19)27-13-5-12-26-10-2-1-3-11-26/h4,6-7,14-16H,1-3,5,10-13H2. The predicted octanol–water partition coefficient (Wildman–Crippen LogP) is 4.49. The molecule has 4 rings (SSSR count).